The number of ether oxygens (including phenoxy) is 1. The maximum absolute atomic E-state index is 12.3. The molecule has 5 nitrogen and oxygen atoms in total. The first-order valence-electron chi connectivity index (χ1n) is 6.87. The number of hydrogen-bond acceptors (Lipinski definition) is 3. The van der Waals surface area contributed by atoms with Gasteiger partial charge in [0.15, 0.2) is 0 Å². The van der Waals surface area contributed by atoms with Crippen molar-refractivity contribution in [3.63, 3.8) is 0 Å². The summed E-state index contributed by atoms with van der Waals surface area (Å²) >= 11 is 0. The highest BCUT2D eigenvalue weighted by molar-refractivity contribution is 5.93. The van der Waals surface area contributed by atoms with Crippen LogP contribution in [0, 0.1) is 5.92 Å². The predicted molar refractivity (Wildman–Crippen MR) is 76.0 cm³/mol. The molecule has 0 aromatic heterocycles. The summed E-state index contributed by atoms with van der Waals surface area (Å²) in [5, 5.41) is 0. The van der Waals surface area contributed by atoms with E-state index in [9.17, 15) is 22.8 Å². The molecule has 1 heterocycles. The SMILES string of the molecule is NC(=O)[C@@H]1CCN(C(=O)/C=C\c2ccccc2OC(F)(F)F)C1. The van der Waals surface area contributed by atoms with Crippen molar-refractivity contribution >= 4 is 17.9 Å². The lowest BCUT2D eigenvalue weighted by atomic mass is 10.1. The number of nitrogens with two attached hydrogens (primary N) is 1. The van der Waals surface area contributed by atoms with Crippen molar-refractivity contribution in [2.75, 3.05) is 13.1 Å². The summed E-state index contributed by atoms with van der Waals surface area (Å²) in [7, 11) is 0. The van der Waals surface area contributed by atoms with E-state index in [0.717, 1.165) is 12.1 Å². The molecule has 1 aromatic rings. The zero-order chi connectivity index (χ0) is 17.0. The number of nitrogens with zero attached hydrogens (tertiary/aromatic N) is 1. The average Bonchev–Trinajstić information content (AvgIpc) is 2.94. The summed E-state index contributed by atoms with van der Waals surface area (Å²) in [6.07, 6.45) is -1.91. The number of carbonyl (C=O) groups is 2. The number of benzene rings is 1. The molecule has 1 aliphatic heterocycles. The van der Waals surface area contributed by atoms with Gasteiger partial charge in [0, 0.05) is 24.7 Å². The Labute approximate surface area is 130 Å². The summed E-state index contributed by atoms with van der Waals surface area (Å²) in [6.45, 7) is 0.608. The van der Waals surface area contributed by atoms with Gasteiger partial charge >= 0.3 is 6.36 Å². The van der Waals surface area contributed by atoms with Gasteiger partial charge in [0.2, 0.25) is 11.8 Å². The van der Waals surface area contributed by atoms with Gasteiger partial charge < -0.3 is 15.4 Å². The molecule has 0 saturated carbocycles. The summed E-state index contributed by atoms with van der Waals surface area (Å²) in [5.41, 5.74) is 5.31. The van der Waals surface area contributed by atoms with Crippen LogP contribution in [0.4, 0.5) is 13.2 Å². The van der Waals surface area contributed by atoms with E-state index in [-0.39, 0.29) is 23.8 Å². The topological polar surface area (TPSA) is 72.6 Å². The molecule has 124 valence electrons. The first-order valence-corrected chi connectivity index (χ1v) is 6.87. The van der Waals surface area contributed by atoms with Gasteiger partial charge in [-0.15, -0.1) is 13.2 Å². The highest BCUT2D eigenvalue weighted by Crippen LogP contribution is 2.27. The maximum atomic E-state index is 12.3. The van der Waals surface area contributed by atoms with Gasteiger partial charge in [-0.05, 0) is 18.6 Å². The van der Waals surface area contributed by atoms with Gasteiger partial charge in [-0.3, -0.25) is 9.59 Å². The van der Waals surface area contributed by atoms with E-state index < -0.39 is 18.2 Å². The van der Waals surface area contributed by atoms with Crippen LogP contribution in [-0.2, 0) is 9.59 Å². The fraction of sp³-hybridized carbons (Fsp3) is 0.333. The van der Waals surface area contributed by atoms with E-state index in [1.54, 1.807) is 0 Å². The standard InChI is InChI=1S/C15H15F3N2O3/c16-15(17,18)23-12-4-2-1-3-10(12)5-6-13(21)20-8-7-11(9-20)14(19)22/h1-6,11H,7-9H2,(H2,19,22)/b6-5-/t11-/m1/s1. The van der Waals surface area contributed by atoms with Crippen molar-refractivity contribution in [2.24, 2.45) is 11.7 Å². The fourth-order valence-corrected chi connectivity index (χ4v) is 2.29. The van der Waals surface area contributed by atoms with Crippen molar-refractivity contribution in [2.45, 2.75) is 12.8 Å². The number of hydrogen-bond donors (Lipinski definition) is 1. The minimum atomic E-state index is -4.81. The monoisotopic (exact) mass is 328 g/mol. The van der Waals surface area contributed by atoms with Crippen LogP contribution in [0.15, 0.2) is 30.3 Å². The summed E-state index contributed by atoms with van der Waals surface area (Å²) in [6, 6.07) is 5.50. The highest BCUT2D eigenvalue weighted by Gasteiger charge is 2.32. The van der Waals surface area contributed by atoms with Crippen LogP contribution in [0.2, 0.25) is 0 Å². The number of halogens is 3. The zero-order valence-corrected chi connectivity index (χ0v) is 12.0. The van der Waals surface area contributed by atoms with Crippen molar-refractivity contribution in [1.29, 1.82) is 0 Å². The van der Waals surface area contributed by atoms with E-state index in [4.69, 9.17) is 5.73 Å². The van der Waals surface area contributed by atoms with Crippen LogP contribution in [-0.4, -0.2) is 36.2 Å². The first-order chi connectivity index (χ1) is 10.8. The summed E-state index contributed by atoms with van der Waals surface area (Å²) in [4.78, 5) is 24.5. The number of alkyl halides is 3. The van der Waals surface area contributed by atoms with Gasteiger partial charge in [0.05, 0.1) is 5.92 Å². The molecule has 0 aliphatic carbocycles. The Morgan fingerprint density at radius 2 is 2.00 bits per heavy atom. The van der Waals surface area contributed by atoms with Gasteiger partial charge in [0.1, 0.15) is 5.75 Å². The summed E-state index contributed by atoms with van der Waals surface area (Å²) < 4.78 is 40.9. The van der Waals surface area contributed by atoms with Crippen LogP contribution in [0.1, 0.15) is 12.0 Å². The molecular weight excluding hydrogens is 313 g/mol. The number of carbonyl (C=O) groups excluding carboxylic acids is 2. The largest absolute Gasteiger partial charge is 0.573 e. The third-order valence-electron chi connectivity index (χ3n) is 3.45. The third-order valence-corrected chi connectivity index (χ3v) is 3.45. The molecule has 1 fully saturated rings. The van der Waals surface area contributed by atoms with Gasteiger partial charge in [-0.1, -0.05) is 18.2 Å². The van der Waals surface area contributed by atoms with E-state index in [2.05, 4.69) is 4.74 Å². The molecule has 1 saturated heterocycles. The minimum absolute atomic E-state index is 0.129. The fourth-order valence-electron chi connectivity index (χ4n) is 2.29. The lowest BCUT2D eigenvalue weighted by Gasteiger charge is -2.14. The second-order valence-corrected chi connectivity index (χ2v) is 5.09. The van der Waals surface area contributed by atoms with Crippen LogP contribution in [0.5, 0.6) is 5.75 Å². The average molecular weight is 328 g/mol. The Kier molecular flexibility index (Phi) is 4.92. The van der Waals surface area contributed by atoms with Crippen LogP contribution < -0.4 is 10.5 Å². The third kappa shape index (κ3) is 4.73. The Balaban J connectivity index is 2.06. The van der Waals surface area contributed by atoms with Crippen molar-refractivity contribution in [1.82, 2.24) is 4.90 Å². The normalized spacial score (nSPS) is 18.4. The van der Waals surface area contributed by atoms with E-state index >= 15 is 0 Å². The Morgan fingerprint density at radius 1 is 1.30 bits per heavy atom. The molecule has 2 amide bonds. The molecule has 2 rings (SSSR count). The Hall–Kier alpha value is -2.51. The lowest BCUT2D eigenvalue weighted by molar-refractivity contribution is -0.274. The molecule has 2 N–H and O–H groups in total. The number of rotatable bonds is 4. The van der Waals surface area contributed by atoms with E-state index in [1.165, 1.54) is 29.2 Å². The van der Waals surface area contributed by atoms with Crippen molar-refractivity contribution in [3.8, 4) is 5.75 Å². The molecule has 23 heavy (non-hydrogen) atoms. The molecule has 1 atom stereocenters. The molecule has 0 unspecified atom stereocenters. The number of amides is 2. The predicted octanol–water partition coefficient (Wildman–Crippen LogP) is 1.93. The minimum Gasteiger partial charge on any atom is -0.405 e. The van der Waals surface area contributed by atoms with Crippen molar-refractivity contribution in [3.05, 3.63) is 35.9 Å². The molecule has 1 aliphatic rings. The molecule has 0 radical (unpaired) electrons. The first kappa shape index (κ1) is 16.9. The second kappa shape index (κ2) is 6.72. The van der Waals surface area contributed by atoms with Gasteiger partial charge in [0.25, 0.3) is 0 Å². The van der Waals surface area contributed by atoms with E-state index in [0.29, 0.717) is 13.0 Å². The molecule has 0 spiro atoms. The van der Waals surface area contributed by atoms with Crippen LogP contribution in [0.25, 0.3) is 6.08 Å². The molecule has 1 aromatic carbocycles. The number of para-hydroxylation sites is 1. The van der Waals surface area contributed by atoms with Gasteiger partial charge in [-0.2, -0.15) is 0 Å². The Morgan fingerprint density at radius 3 is 2.61 bits per heavy atom. The molecular formula is C15H15F3N2O3. The van der Waals surface area contributed by atoms with Gasteiger partial charge in [-0.25, -0.2) is 0 Å². The number of primary amides is 1. The smallest absolute Gasteiger partial charge is 0.405 e. The Bertz CT molecular complexity index is 629. The maximum Gasteiger partial charge on any atom is 0.573 e. The van der Waals surface area contributed by atoms with Crippen molar-refractivity contribution < 1.29 is 27.5 Å². The number of likely N-dealkylation sites (tertiary alicyclic amines) is 1. The van der Waals surface area contributed by atoms with Crippen LogP contribution >= 0.6 is 0 Å². The molecule has 0 bridgehead atoms. The second-order valence-electron chi connectivity index (χ2n) is 5.09. The lowest BCUT2D eigenvalue weighted by Crippen LogP contribution is -2.30. The van der Waals surface area contributed by atoms with Crippen LogP contribution in [0.3, 0.4) is 0 Å². The molecule has 8 heteroatoms. The van der Waals surface area contributed by atoms with E-state index in [1.807, 2.05) is 0 Å². The zero-order valence-electron chi connectivity index (χ0n) is 12.0. The quantitative estimate of drug-likeness (QED) is 0.859. The highest BCUT2D eigenvalue weighted by atomic mass is 19.4. The summed E-state index contributed by atoms with van der Waals surface area (Å²) in [5.74, 6) is -1.63.